The zero-order valence-electron chi connectivity index (χ0n) is 25.3. The molecule has 1 N–H and O–H groups in total. The molecule has 0 aliphatic carbocycles. The first-order chi connectivity index (χ1) is 19.1. The van der Waals surface area contributed by atoms with E-state index in [4.69, 9.17) is 14.2 Å². The van der Waals surface area contributed by atoms with E-state index in [1.165, 1.54) is 70.6 Å². The highest BCUT2D eigenvalue weighted by Gasteiger charge is 2.36. The van der Waals surface area contributed by atoms with Crippen molar-refractivity contribution >= 4 is 11.9 Å². The second-order valence-electron chi connectivity index (χ2n) is 11.3. The average Bonchev–Trinajstić information content (AvgIpc) is 3.69. The van der Waals surface area contributed by atoms with E-state index in [1.54, 1.807) is 0 Å². The molecule has 1 rings (SSSR count). The summed E-state index contributed by atoms with van der Waals surface area (Å²) in [5.41, 5.74) is 0. The standard InChI is InChI=1S/C33H60O6/c1-3-5-7-9-11-12-13-17-21-25-32(35)37-27-29(34)28-38-33(36)26-22-18-14-16-20-24-31-30(39-31)23-19-15-10-8-6-4-2/h15,19,29-31,34H,3-14,16-18,20-28H2,1-2H3/b19-15-/t29-,30?,31?/m1/s1. The summed E-state index contributed by atoms with van der Waals surface area (Å²) in [5, 5.41) is 9.94. The number of rotatable bonds is 28. The lowest BCUT2D eigenvalue weighted by Gasteiger charge is -2.12. The first-order valence-corrected chi connectivity index (χ1v) is 16.4. The normalized spacial score (nSPS) is 17.4. The fourth-order valence-corrected chi connectivity index (χ4v) is 4.80. The molecule has 0 aromatic heterocycles. The largest absolute Gasteiger partial charge is 0.463 e. The summed E-state index contributed by atoms with van der Waals surface area (Å²) in [7, 11) is 0. The van der Waals surface area contributed by atoms with Gasteiger partial charge in [0.05, 0.1) is 12.2 Å². The fourth-order valence-electron chi connectivity index (χ4n) is 4.80. The third-order valence-corrected chi connectivity index (χ3v) is 7.42. The summed E-state index contributed by atoms with van der Waals surface area (Å²) in [4.78, 5) is 23.7. The van der Waals surface area contributed by atoms with Crippen LogP contribution in [0.2, 0.25) is 0 Å². The average molecular weight is 553 g/mol. The number of hydrogen-bond donors (Lipinski definition) is 1. The molecule has 0 amide bonds. The number of carbonyl (C=O) groups is 2. The molecular weight excluding hydrogens is 492 g/mol. The van der Waals surface area contributed by atoms with Crippen molar-refractivity contribution in [1.82, 2.24) is 0 Å². The molecular formula is C33H60O6. The Morgan fingerprint density at radius 2 is 1.15 bits per heavy atom. The molecule has 2 unspecified atom stereocenters. The topological polar surface area (TPSA) is 85.4 Å². The van der Waals surface area contributed by atoms with Gasteiger partial charge in [0, 0.05) is 12.8 Å². The van der Waals surface area contributed by atoms with Gasteiger partial charge < -0.3 is 19.3 Å². The second-order valence-corrected chi connectivity index (χ2v) is 11.3. The first kappa shape index (κ1) is 35.6. The van der Waals surface area contributed by atoms with Gasteiger partial charge in [-0.2, -0.15) is 0 Å². The molecule has 0 spiro atoms. The van der Waals surface area contributed by atoms with Crippen molar-refractivity contribution in [3.05, 3.63) is 12.2 Å². The number of epoxide rings is 1. The highest BCUT2D eigenvalue weighted by atomic mass is 16.6. The van der Waals surface area contributed by atoms with Crippen molar-refractivity contribution in [2.45, 2.75) is 173 Å². The molecule has 0 radical (unpaired) electrons. The Hall–Kier alpha value is -1.40. The maximum absolute atomic E-state index is 11.9. The lowest BCUT2D eigenvalue weighted by molar-refractivity contribution is -0.152. The number of aliphatic hydroxyl groups excluding tert-OH is 1. The summed E-state index contributed by atoms with van der Waals surface area (Å²) in [6.45, 7) is 4.21. The van der Waals surface area contributed by atoms with Crippen LogP contribution in [-0.2, 0) is 23.8 Å². The van der Waals surface area contributed by atoms with Gasteiger partial charge in [0.15, 0.2) is 0 Å². The minimum Gasteiger partial charge on any atom is -0.463 e. The van der Waals surface area contributed by atoms with E-state index in [-0.39, 0.29) is 25.2 Å². The zero-order chi connectivity index (χ0) is 28.4. The van der Waals surface area contributed by atoms with Gasteiger partial charge in [0.2, 0.25) is 0 Å². The molecule has 0 aromatic carbocycles. The summed E-state index contributed by atoms with van der Waals surface area (Å²) in [5.74, 6) is -0.589. The van der Waals surface area contributed by atoms with Crippen LogP contribution in [0.1, 0.15) is 155 Å². The van der Waals surface area contributed by atoms with Crippen LogP contribution in [0.15, 0.2) is 12.2 Å². The van der Waals surface area contributed by atoms with Crippen molar-refractivity contribution in [1.29, 1.82) is 0 Å². The van der Waals surface area contributed by atoms with Crippen LogP contribution >= 0.6 is 0 Å². The van der Waals surface area contributed by atoms with Gasteiger partial charge in [-0.3, -0.25) is 9.59 Å². The van der Waals surface area contributed by atoms with Crippen LogP contribution in [0.5, 0.6) is 0 Å². The molecule has 0 aromatic rings. The second kappa shape index (κ2) is 25.6. The number of hydrogen-bond acceptors (Lipinski definition) is 6. The zero-order valence-corrected chi connectivity index (χ0v) is 25.3. The van der Waals surface area contributed by atoms with E-state index in [0.717, 1.165) is 57.8 Å². The smallest absolute Gasteiger partial charge is 0.305 e. The Bertz CT molecular complexity index is 619. The van der Waals surface area contributed by atoms with Gasteiger partial charge in [-0.15, -0.1) is 0 Å². The van der Waals surface area contributed by atoms with E-state index >= 15 is 0 Å². The van der Waals surface area contributed by atoms with Gasteiger partial charge in [0.25, 0.3) is 0 Å². The molecule has 3 atom stereocenters. The summed E-state index contributed by atoms with van der Waals surface area (Å²) in [6.07, 6.45) is 28.5. The van der Waals surface area contributed by atoms with Crippen LogP contribution in [0.3, 0.4) is 0 Å². The number of carbonyl (C=O) groups excluding carboxylic acids is 2. The van der Waals surface area contributed by atoms with E-state index < -0.39 is 6.10 Å². The van der Waals surface area contributed by atoms with Crippen molar-refractivity contribution in [2.24, 2.45) is 0 Å². The highest BCUT2D eigenvalue weighted by molar-refractivity contribution is 5.69. The first-order valence-electron chi connectivity index (χ1n) is 16.4. The third kappa shape index (κ3) is 23.0. The Kier molecular flexibility index (Phi) is 23.3. The minimum atomic E-state index is -0.967. The van der Waals surface area contributed by atoms with Gasteiger partial charge >= 0.3 is 11.9 Å². The third-order valence-electron chi connectivity index (χ3n) is 7.42. The molecule has 228 valence electrons. The summed E-state index contributed by atoms with van der Waals surface area (Å²) < 4.78 is 16.0. The summed E-state index contributed by atoms with van der Waals surface area (Å²) >= 11 is 0. The predicted molar refractivity (Wildman–Crippen MR) is 159 cm³/mol. The quantitative estimate of drug-likeness (QED) is 0.0454. The number of ether oxygens (including phenoxy) is 3. The Morgan fingerprint density at radius 3 is 1.72 bits per heavy atom. The molecule has 1 heterocycles. The molecule has 39 heavy (non-hydrogen) atoms. The van der Waals surface area contributed by atoms with Crippen molar-refractivity contribution in [3.8, 4) is 0 Å². The number of aliphatic hydroxyl groups is 1. The molecule has 1 aliphatic rings. The van der Waals surface area contributed by atoms with Crippen LogP contribution in [0, 0.1) is 0 Å². The SMILES string of the molecule is CCCCC/C=C\CC1OC1CCCCCCCC(=O)OC[C@H](O)COC(=O)CCCCCCCCCCC. The minimum absolute atomic E-state index is 0.121. The lowest BCUT2D eigenvalue weighted by Crippen LogP contribution is -2.25. The van der Waals surface area contributed by atoms with Gasteiger partial charge in [-0.25, -0.2) is 0 Å². The maximum Gasteiger partial charge on any atom is 0.305 e. The van der Waals surface area contributed by atoms with Crippen molar-refractivity contribution in [2.75, 3.05) is 13.2 Å². The molecule has 1 saturated heterocycles. The number of allylic oxidation sites excluding steroid dienone is 1. The van der Waals surface area contributed by atoms with Gasteiger partial charge in [-0.1, -0.05) is 116 Å². The monoisotopic (exact) mass is 552 g/mol. The van der Waals surface area contributed by atoms with Gasteiger partial charge in [-0.05, 0) is 38.5 Å². The highest BCUT2D eigenvalue weighted by Crippen LogP contribution is 2.30. The number of unbranched alkanes of at least 4 members (excludes halogenated alkanes) is 15. The van der Waals surface area contributed by atoms with Crippen LogP contribution in [0.25, 0.3) is 0 Å². The van der Waals surface area contributed by atoms with E-state index in [0.29, 0.717) is 25.0 Å². The van der Waals surface area contributed by atoms with Crippen molar-refractivity contribution in [3.63, 3.8) is 0 Å². The fraction of sp³-hybridized carbons (Fsp3) is 0.879. The molecule has 0 saturated carbocycles. The van der Waals surface area contributed by atoms with Crippen LogP contribution in [-0.4, -0.2) is 48.6 Å². The lowest BCUT2D eigenvalue weighted by atomic mass is 10.1. The maximum atomic E-state index is 11.9. The van der Waals surface area contributed by atoms with Crippen molar-refractivity contribution < 1.29 is 28.9 Å². The van der Waals surface area contributed by atoms with E-state index in [9.17, 15) is 14.7 Å². The Labute approximate surface area is 239 Å². The molecule has 1 aliphatic heterocycles. The Balaban J connectivity index is 1.85. The number of esters is 2. The Morgan fingerprint density at radius 1 is 0.667 bits per heavy atom. The molecule has 6 heteroatoms. The summed E-state index contributed by atoms with van der Waals surface area (Å²) in [6, 6.07) is 0. The molecule has 0 bridgehead atoms. The predicted octanol–water partition coefficient (Wildman–Crippen LogP) is 8.38. The van der Waals surface area contributed by atoms with Crippen LogP contribution in [0.4, 0.5) is 0 Å². The van der Waals surface area contributed by atoms with E-state index in [2.05, 4.69) is 26.0 Å². The van der Waals surface area contributed by atoms with Crippen LogP contribution < -0.4 is 0 Å². The van der Waals surface area contributed by atoms with E-state index in [1.807, 2.05) is 0 Å². The molecule has 1 fully saturated rings. The molecule has 6 nitrogen and oxygen atoms in total. The van der Waals surface area contributed by atoms with Gasteiger partial charge in [0.1, 0.15) is 19.3 Å².